The smallest absolute Gasteiger partial charge is 0.475 e. The molecule has 1 amide bonds. The fourth-order valence-electron chi connectivity index (χ4n) is 2.95. The minimum absolute atomic E-state index is 0.0510. The van der Waals surface area contributed by atoms with Crippen molar-refractivity contribution in [2.75, 3.05) is 13.1 Å². The van der Waals surface area contributed by atoms with E-state index in [1.165, 1.54) is 56.9 Å². The number of halogens is 3. The molecule has 1 aliphatic heterocycles. The Labute approximate surface area is 176 Å². The number of aryl methyl sites for hydroxylation is 1. The number of hydrogen-bond acceptors (Lipinski definition) is 3. The van der Waals surface area contributed by atoms with Crippen molar-refractivity contribution in [3.05, 3.63) is 35.4 Å². The third-order valence-corrected chi connectivity index (χ3v) is 4.89. The molecule has 3 N–H and O–H groups in total. The van der Waals surface area contributed by atoms with Gasteiger partial charge in [-0.1, -0.05) is 64.0 Å². The summed E-state index contributed by atoms with van der Waals surface area (Å²) in [7, 11) is 0. The molecule has 2 rings (SSSR count). The Kier molecular flexibility index (Phi) is 12.1. The lowest BCUT2D eigenvalue weighted by Crippen LogP contribution is -2.56. The summed E-state index contributed by atoms with van der Waals surface area (Å²) in [5, 5.41) is 13.3. The number of unbranched alkanes of at least 4 members (excludes halogenated alkanes) is 7. The molecule has 1 fully saturated rings. The maximum Gasteiger partial charge on any atom is 0.490 e. The molecule has 0 aliphatic carbocycles. The van der Waals surface area contributed by atoms with Crippen molar-refractivity contribution in [3.8, 4) is 0 Å². The fourth-order valence-corrected chi connectivity index (χ4v) is 2.95. The van der Waals surface area contributed by atoms with Gasteiger partial charge in [0.05, 0.1) is 6.04 Å². The number of carboxylic acids is 1. The van der Waals surface area contributed by atoms with Crippen LogP contribution in [-0.2, 0) is 11.2 Å². The highest BCUT2D eigenvalue weighted by molar-refractivity contribution is 5.94. The zero-order valence-corrected chi connectivity index (χ0v) is 17.6. The Hall–Kier alpha value is -2.09. The number of hydrogen-bond donors (Lipinski definition) is 3. The van der Waals surface area contributed by atoms with Crippen LogP contribution in [0.4, 0.5) is 13.2 Å². The minimum Gasteiger partial charge on any atom is -0.475 e. The van der Waals surface area contributed by atoms with Crippen LogP contribution >= 0.6 is 0 Å². The van der Waals surface area contributed by atoms with Crippen molar-refractivity contribution >= 4 is 11.9 Å². The third-order valence-electron chi connectivity index (χ3n) is 4.89. The van der Waals surface area contributed by atoms with Crippen LogP contribution in [0.25, 0.3) is 0 Å². The first-order valence-electron chi connectivity index (χ1n) is 10.6. The van der Waals surface area contributed by atoms with Gasteiger partial charge in [0.2, 0.25) is 0 Å². The molecule has 0 radical (unpaired) electrons. The summed E-state index contributed by atoms with van der Waals surface area (Å²) in [6.07, 6.45) is 6.88. The molecule has 0 unspecified atom stereocenters. The molecule has 0 bridgehead atoms. The van der Waals surface area contributed by atoms with Crippen LogP contribution in [0.1, 0.15) is 74.2 Å². The van der Waals surface area contributed by atoms with Crippen LogP contribution in [0.3, 0.4) is 0 Å². The average molecular weight is 431 g/mol. The molecule has 8 heteroatoms. The first-order valence-corrected chi connectivity index (χ1v) is 10.6. The average Bonchev–Trinajstić information content (AvgIpc) is 2.67. The van der Waals surface area contributed by atoms with E-state index in [9.17, 15) is 18.0 Å². The lowest BCUT2D eigenvalue weighted by atomic mass is 10.0. The summed E-state index contributed by atoms with van der Waals surface area (Å²) in [4.78, 5) is 20.9. The molecule has 1 heterocycles. The van der Waals surface area contributed by atoms with Gasteiger partial charge in [-0.25, -0.2) is 4.79 Å². The van der Waals surface area contributed by atoms with E-state index in [-0.39, 0.29) is 5.91 Å². The summed E-state index contributed by atoms with van der Waals surface area (Å²) in [6.45, 7) is 4.05. The van der Waals surface area contributed by atoms with E-state index in [1.54, 1.807) is 0 Å². The van der Waals surface area contributed by atoms with Crippen LogP contribution in [0, 0.1) is 0 Å². The van der Waals surface area contributed by atoms with Crippen molar-refractivity contribution in [1.29, 1.82) is 0 Å². The van der Waals surface area contributed by atoms with Crippen LogP contribution in [-0.4, -0.2) is 42.3 Å². The van der Waals surface area contributed by atoms with Crippen LogP contribution in [0.15, 0.2) is 24.3 Å². The third kappa shape index (κ3) is 11.2. The molecule has 30 heavy (non-hydrogen) atoms. The molecule has 1 saturated heterocycles. The number of nitrogens with one attached hydrogen (secondary N) is 2. The number of rotatable bonds is 11. The van der Waals surface area contributed by atoms with Crippen molar-refractivity contribution < 1.29 is 27.9 Å². The van der Waals surface area contributed by atoms with Gasteiger partial charge in [-0.15, -0.1) is 0 Å². The van der Waals surface area contributed by atoms with E-state index >= 15 is 0 Å². The van der Waals surface area contributed by atoms with Crippen molar-refractivity contribution in [1.82, 2.24) is 10.6 Å². The summed E-state index contributed by atoms with van der Waals surface area (Å²) in [5.41, 5.74) is 2.12. The van der Waals surface area contributed by atoms with E-state index in [1.807, 2.05) is 12.1 Å². The number of amides is 1. The standard InChI is InChI=1S/C20H32N2O.C2HF3O2/c1-2-3-4-5-6-7-8-9-10-17-11-13-18(14-12-17)20(23)22-19-15-21-16-19;3-2(4,5)1(6)7/h11-14,19,21H,2-10,15-16H2,1H3,(H,22,23);(H,6,7). The topological polar surface area (TPSA) is 78.4 Å². The maximum absolute atomic E-state index is 12.0. The first kappa shape index (κ1) is 25.9. The SMILES string of the molecule is CCCCCCCCCCc1ccc(C(=O)NC2CNC2)cc1.O=C(O)C(F)(F)F. The predicted octanol–water partition coefficient (Wildman–Crippen LogP) is 4.70. The summed E-state index contributed by atoms with van der Waals surface area (Å²) in [6, 6.07) is 8.44. The van der Waals surface area contributed by atoms with Crippen LogP contribution < -0.4 is 10.6 Å². The van der Waals surface area contributed by atoms with Gasteiger partial charge in [-0.3, -0.25) is 4.79 Å². The van der Waals surface area contributed by atoms with Gasteiger partial charge in [0.25, 0.3) is 5.91 Å². The summed E-state index contributed by atoms with van der Waals surface area (Å²) in [5.74, 6) is -2.71. The highest BCUT2D eigenvalue weighted by atomic mass is 19.4. The zero-order valence-electron chi connectivity index (χ0n) is 17.6. The number of carbonyl (C=O) groups is 2. The largest absolute Gasteiger partial charge is 0.490 e. The van der Waals surface area contributed by atoms with E-state index < -0.39 is 12.1 Å². The van der Waals surface area contributed by atoms with Crippen LogP contribution in [0.5, 0.6) is 0 Å². The van der Waals surface area contributed by atoms with Crippen molar-refractivity contribution in [3.63, 3.8) is 0 Å². The minimum atomic E-state index is -5.08. The quantitative estimate of drug-likeness (QED) is 0.445. The molecule has 1 aromatic rings. The van der Waals surface area contributed by atoms with Gasteiger partial charge in [-0.2, -0.15) is 13.2 Å². The molecule has 0 aromatic heterocycles. The molecule has 1 aliphatic rings. The number of aliphatic carboxylic acids is 1. The van der Waals surface area contributed by atoms with Gasteiger partial charge in [-0.05, 0) is 30.5 Å². The predicted molar refractivity (Wildman–Crippen MR) is 111 cm³/mol. The molecule has 0 spiro atoms. The van der Waals surface area contributed by atoms with E-state index in [2.05, 4.69) is 29.7 Å². The highest BCUT2D eigenvalue weighted by Crippen LogP contribution is 2.13. The lowest BCUT2D eigenvalue weighted by molar-refractivity contribution is -0.192. The second-order valence-corrected chi connectivity index (χ2v) is 7.55. The fraction of sp³-hybridized carbons (Fsp3) is 0.636. The lowest BCUT2D eigenvalue weighted by Gasteiger charge is -2.27. The summed E-state index contributed by atoms with van der Waals surface area (Å²) >= 11 is 0. The molecule has 0 atom stereocenters. The number of carboxylic acid groups (broad SMARTS) is 1. The van der Waals surface area contributed by atoms with Gasteiger partial charge in [0.1, 0.15) is 0 Å². The molecule has 170 valence electrons. The van der Waals surface area contributed by atoms with Gasteiger partial charge in [0.15, 0.2) is 0 Å². The highest BCUT2D eigenvalue weighted by Gasteiger charge is 2.38. The van der Waals surface area contributed by atoms with Gasteiger partial charge < -0.3 is 15.7 Å². The monoisotopic (exact) mass is 430 g/mol. The van der Waals surface area contributed by atoms with Gasteiger partial charge in [0, 0.05) is 18.7 Å². The molecule has 0 saturated carbocycles. The zero-order chi connectivity index (χ0) is 22.4. The van der Waals surface area contributed by atoms with E-state index in [0.29, 0.717) is 6.04 Å². The molecular formula is C22H33F3N2O3. The molecular weight excluding hydrogens is 397 g/mol. The Morgan fingerprint density at radius 1 is 1.00 bits per heavy atom. The number of benzene rings is 1. The Balaban J connectivity index is 0.000000553. The molecule has 5 nitrogen and oxygen atoms in total. The molecule has 1 aromatic carbocycles. The second kappa shape index (κ2) is 14.0. The number of carbonyl (C=O) groups excluding carboxylic acids is 1. The first-order chi connectivity index (χ1) is 14.2. The van der Waals surface area contributed by atoms with Crippen molar-refractivity contribution in [2.24, 2.45) is 0 Å². The van der Waals surface area contributed by atoms with E-state index in [0.717, 1.165) is 25.1 Å². The summed E-state index contributed by atoms with van der Waals surface area (Å²) < 4.78 is 31.7. The normalized spacial score (nSPS) is 13.7. The second-order valence-electron chi connectivity index (χ2n) is 7.55. The number of alkyl halides is 3. The van der Waals surface area contributed by atoms with Crippen LogP contribution in [0.2, 0.25) is 0 Å². The Bertz CT molecular complexity index is 630. The maximum atomic E-state index is 12.0. The van der Waals surface area contributed by atoms with E-state index in [4.69, 9.17) is 9.90 Å². The van der Waals surface area contributed by atoms with Gasteiger partial charge >= 0.3 is 12.1 Å². The van der Waals surface area contributed by atoms with Crippen molar-refractivity contribution in [2.45, 2.75) is 76.9 Å². The Morgan fingerprint density at radius 2 is 1.50 bits per heavy atom. The Morgan fingerprint density at radius 3 is 1.93 bits per heavy atom.